The SMILES string of the molecule is CCS(=O)(=O)C1CN(C(=O)CCc2ccc(Cl)c(Cl)c2)C1. The number of hydrogen-bond acceptors (Lipinski definition) is 3. The molecule has 21 heavy (non-hydrogen) atoms. The molecular weight excluding hydrogens is 333 g/mol. The van der Waals surface area contributed by atoms with Crippen molar-refractivity contribution < 1.29 is 13.2 Å². The molecule has 1 saturated heterocycles. The molecule has 0 aliphatic carbocycles. The molecule has 0 aromatic heterocycles. The molecule has 1 amide bonds. The van der Waals surface area contributed by atoms with Gasteiger partial charge in [-0.3, -0.25) is 4.79 Å². The summed E-state index contributed by atoms with van der Waals surface area (Å²) in [6.45, 7) is 2.26. The van der Waals surface area contributed by atoms with E-state index in [4.69, 9.17) is 23.2 Å². The highest BCUT2D eigenvalue weighted by Gasteiger charge is 2.38. The van der Waals surface area contributed by atoms with E-state index in [0.29, 0.717) is 36.0 Å². The van der Waals surface area contributed by atoms with E-state index in [-0.39, 0.29) is 11.7 Å². The first-order valence-corrected chi connectivity index (χ1v) is 9.24. The van der Waals surface area contributed by atoms with Crippen molar-refractivity contribution in [2.45, 2.75) is 25.0 Å². The van der Waals surface area contributed by atoms with E-state index >= 15 is 0 Å². The van der Waals surface area contributed by atoms with Gasteiger partial charge in [0.1, 0.15) is 0 Å². The summed E-state index contributed by atoms with van der Waals surface area (Å²) in [5.74, 6) is 0.104. The van der Waals surface area contributed by atoms with Crippen molar-refractivity contribution in [2.75, 3.05) is 18.8 Å². The third-order valence-corrected chi connectivity index (χ3v) is 6.58. The minimum absolute atomic E-state index is 0.0244. The van der Waals surface area contributed by atoms with Crippen LogP contribution < -0.4 is 0 Å². The maximum atomic E-state index is 12.0. The number of carbonyl (C=O) groups excluding carboxylic acids is 1. The highest BCUT2D eigenvalue weighted by atomic mass is 35.5. The van der Waals surface area contributed by atoms with Gasteiger partial charge >= 0.3 is 0 Å². The molecule has 0 saturated carbocycles. The second-order valence-electron chi connectivity index (χ2n) is 5.12. The van der Waals surface area contributed by atoms with Gasteiger partial charge in [-0.2, -0.15) is 0 Å². The topological polar surface area (TPSA) is 54.5 Å². The summed E-state index contributed by atoms with van der Waals surface area (Å²) in [6, 6.07) is 5.29. The number of aryl methyl sites for hydroxylation is 1. The van der Waals surface area contributed by atoms with Crippen LogP contribution in [0.2, 0.25) is 10.0 Å². The number of carbonyl (C=O) groups is 1. The molecule has 1 heterocycles. The quantitative estimate of drug-likeness (QED) is 0.820. The van der Waals surface area contributed by atoms with Gasteiger partial charge in [-0.25, -0.2) is 8.42 Å². The molecule has 0 atom stereocenters. The Hall–Kier alpha value is -0.780. The van der Waals surface area contributed by atoms with Crippen LogP contribution in [0.1, 0.15) is 18.9 Å². The number of nitrogens with zero attached hydrogens (tertiary/aromatic N) is 1. The van der Waals surface area contributed by atoms with Crippen molar-refractivity contribution in [2.24, 2.45) is 0 Å². The Labute approximate surface area is 134 Å². The lowest BCUT2D eigenvalue weighted by molar-refractivity contribution is -0.134. The minimum atomic E-state index is -3.03. The number of hydrogen-bond donors (Lipinski definition) is 0. The van der Waals surface area contributed by atoms with E-state index in [1.165, 1.54) is 0 Å². The van der Waals surface area contributed by atoms with Crippen LogP contribution in [0.25, 0.3) is 0 Å². The molecule has 0 unspecified atom stereocenters. The molecule has 1 aromatic carbocycles. The largest absolute Gasteiger partial charge is 0.340 e. The predicted octanol–water partition coefficient (Wildman–Crippen LogP) is 2.57. The number of sulfone groups is 1. The summed E-state index contributed by atoms with van der Waals surface area (Å²) >= 11 is 11.8. The lowest BCUT2D eigenvalue weighted by Gasteiger charge is -2.38. The zero-order valence-electron chi connectivity index (χ0n) is 11.7. The highest BCUT2D eigenvalue weighted by molar-refractivity contribution is 7.92. The van der Waals surface area contributed by atoms with Crippen LogP contribution in [0.3, 0.4) is 0 Å². The van der Waals surface area contributed by atoms with Gasteiger partial charge in [-0.05, 0) is 24.1 Å². The van der Waals surface area contributed by atoms with Crippen molar-refractivity contribution in [3.05, 3.63) is 33.8 Å². The van der Waals surface area contributed by atoms with E-state index in [2.05, 4.69) is 0 Å². The van der Waals surface area contributed by atoms with Crippen LogP contribution in [0.15, 0.2) is 18.2 Å². The molecule has 0 radical (unpaired) electrons. The van der Waals surface area contributed by atoms with Gasteiger partial charge in [0.05, 0.1) is 15.3 Å². The molecule has 4 nitrogen and oxygen atoms in total. The van der Waals surface area contributed by atoms with Crippen molar-refractivity contribution >= 4 is 38.9 Å². The molecule has 1 aliphatic heterocycles. The number of rotatable bonds is 5. The van der Waals surface area contributed by atoms with Crippen LogP contribution in [-0.4, -0.2) is 43.3 Å². The monoisotopic (exact) mass is 349 g/mol. The summed E-state index contributed by atoms with van der Waals surface area (Å²) in [7, 11) is -3.03. The summed E-state index contributed by atoms with van der Waals surface area (Å²) in [6.07, 6.45) is 0.911. The Morgan fingerprint density at radius 2 is 1.95 bits per heavy atom. The van der Waals surface area contributed by atoms with Crippen molar-refractivity contribution in [1.82, 2.24) is 4.90 Å². The van der Waals surface area contributed by atoms with E-state index in [1.54, 1.807) is 24.0 Å². The molecule has 7 heteroatoms. The number of likely N-dealkylation sites (tertiary alicyclic amines) is 1. The number of amides is 1. The fourth-order valence-electron chi connectivity index (χ4n) is 2.21. The standard InChI is InChI=1S/C14H17Cl2NO3S/c1-2-21(19,20)11-8-17(9-11)14(18)6-4-10-3-5-12(15)13(16)7-10/h3,5,7,11H,2,4,6,8-9H2,1H3. The Morgan fingerprint density at radius 1 is 1.29 bits per heavy atom. The number of halogens is 2. The molecule has 2 rings (SSSR count). The number of benzene rings is 1. The van der Waals surface area contributed by atoms with Gasteiger partial charge in [0.15, 0.2) is 9.84 Å². The van der Waals surface area contributed by atoms with Crippen molar-refractivity contribution in [3.63, 3.8) is 0 Å². The molecule has 0 N–H and O–H groups in total. The molecule has 1 aliphatic rings. The molecule has 0 bridgehead atoms. The molecule has 1 aromatic rings. The predicted molar refractivity (Wildman–Crippen MR) is 84.6 cm³/mol. The molecule has 116 valence electrons. The zero-order valence-corrected chi connectivity index (χ0v) is 14.0. The fraction of sp³-hybridized carbons (Fsp3) is 0.500. The first kappa shape index (κ1) is 16.6. The maximum Gasteiger partial charge on any atom is 0.222 e. The first-order valence-electron chi connectivity index (χ1n) is 6.76. The average molecular weight is 350 g/mol. The summed E-state index contributed by atoms with van der Waals surface area (Å²) in [4.78, 5) is 13.6. The van der Waals surface area contributed by atoms with Gasteiger partial charge in [-0.15, -0.1) is 0 Å². The van der Waals surface area contributed by atoms with Gasteiger partial charge in [0, 0.05) is 25.3 Å². The molecule has 1 fully saturated rings. The van der Waals surface area contributed by atoms with Gasteiger partial charge in [0.2, 0.25) is 5.91 Å². The van der Waals surface area contributed by atoms with Crippen LogP contribution in [0.5, 0.6) is 0 Å². The maximum absolute atomic E-state index is 12.0. The van der Waals surface area contributed by atoms with E-state index in [0.717, 1.165) is 5.56 Å². The lowest BCUT2D eigenvalue weighted by atomic mass is 10.1. The van der Waals surface area contributed by atoms with E-state index < -0.39 is 15.1 Å². The summed E-state index contributed by atoms with van der Waals surface area (Å²) in [5.41, 5.74) is 0.941. The highest BCUT2D eigenvalue weighted by Crippen LogP contribution is 2.24. The van der Waals surface area contributed by atoms with Crippen molar-refractivity contribution in [3.8, 4) is 0 Å². The summed E-state index contributed by atoms with van der Waals surface area (Å²) in [5, 5.41) is 0.568. The van der Waals surface area contributed by atoms with E-state index in [1.807, 2.05) is 6.07 Å². The lowest BCUT2D eigenvalue weighted by Crippen LogP contribution is -2.57. The van der Waals surface area contributed by atoms with Crippen LogP contribution >= 0.6 is 23.2 Å². The second kappa shape index (κ2) is 6.55. The molecule has 0 spiro atoms. The summed E-state index contributed by atoms with van der Waals surface area (Å²) < 4.78 is 23.3. The smallest absolute Gasteiger partial charge is 0.222 e. The first-order chi connectivity index (χ1) is 9.83. The van der Waals surface area contributed by atoms with Crippen molar-refractivity contribution in [1.29, 1.82) is 0 Å². The Balaban J connectivity index is 1.83. The third-order valence-electron chi connectivity index (χ3n) is 3.72. The second-order valence-corrected chi connectivity index (χ2v) is 8.50. The third kappa shape index (κ3) is 3.90. The van der Waals surface area contributed by atoms with Crippen LogP contribution in [-0.2, 0) is 21.1 Å². The van der Waals surface area contributed by atoms with Crippen LogP contribution in [0.4, 0.5) is 0 Å². The zero-order chi connectivity index (χ0) is 15.6. The fourth-order valence-corrected chi connectivity index (χ4v) is 3.82. The van der Waals surface area contributed by atoms with Gasteiger partial charge in [-0.1, -0.05) is 36.2 Å². The van der Waals surface area contributed by atoms with Crippen LogP contribution in [0, 0.1) is 0 Å². The van der Waals surface area contributed by atoms with Gasteiger partial charge < -0.3 is 4.90 Å². The average Bonchev–Trinajstić information content (AvgIpc) is 2.38. The normalized spacial score (nSPS) is 15.9. The molecular formula is C14H17Cl2NO3S. The minimum Gasteiger partial charge on any atom is -0.340 e. The Morgan fingerprint density at radius 3 is 2.52 bits per heavy atom. The Bertz CT molecular complexity index is 640. The van der Waals surface area contributed by atoms with Gasteiger partial charge in [0.25, 0.3) is 0 Å². The van der Waals surface area contributed by atoms with E-state index in [9.17, 15) is 13.2 Å². The Kier molecular flexibility index (Phi) is 5.17.